The van der Waals surface area contributed by atoms with E-state index in [1.165, 1.54) is 25.8 Å². The molecule has 0 amide bonds. The summed E-state index contributed by atoms with van der Waals surface area (Å²) in [5.41, 5.74) is 1.01. The van der Waals surface area contributed by atoms with Crippen LogP contribution in [-0.4, -0.2) is 47.7 Å². The van der Waals surface area contributed by atoms with Crippen LogP contribution >= 0.6 is 0 Å². The number of piperidine rings is 1. The summed E-state index contributed by atoms with van der Waals surface area (Å²) in [6, 6.07) is 0.501. The molecule has 1 aliphatic rings. The number of hydrogen-bond donors (Lipinski definition) is 1. The molecule has 0 spiro atoms. The van der Waals surface area contributed by atoms with Crippen LogP contribution in [0.1, 0.15) is 44.5 Å². The number of ether oxygens (including phenoxy) is 1. The second-order valence-corrected chi connectivity index (χ2v) is 5.74. The van der Waals surface area contributed by atoms with E-state index in [2.05, 4.69) is 41.1 Å². The van der Waals surface area contributed by atoms with Crippen LogP contribution in [0.5, 0.6) is 5.88 Å². The predicted molar refractivity (Wildman–Crippen MR) is 86.1 cm³/mol. The zero-order chi connectivity index (χ0) is 15.2. The maximum absolute atomic E-state index is 6.04. The van der Waals surface area contributed by atoms with Gasteiger partial charge in [-0.2, -0.15) is 4.98 Å². The van der Waals surface area contributed by atoms with E-state index in [4.69, 9.17) is 4.74 Å². The minimum atomic E-state index is 0.501. The van der Waals surface area contributed by atoms with Gasteiger partial charge in [-0.25, -0.2) is 4.98 Å². The Morgan fingerprint density at radius 1 is 1.29 bits per heavy atom. The van der Waals surface area contributed by atoms with Crippen LogP contribution < -0.4 is 10.1 Å². The summed E-state index contributed by atoms with van der Waals surface area (Å²) in [4.78, 5) is 11.5. The normalized spacial score (nSPS) is 19.5. The standard InChI is InChI=1S/C16H28N4O/c1-5-14-18-15(17-6-2)12(3)16(19-14)21-11-13-9-7-8-10-20(13)4/h13H,5-11H2,1-4H3,(H,17,18,19). The van der Waals surface area contributed by atoms with Crippen molar-refractivity contribution in [2.75, 3.05) is 32.1 Å². The van der Waals surface area contributed by atoms with Gasteiger partial charge in [-0.3, -0.25) is 0 Å². The number of nitrogens with zero attached hydrogens (tertiary/aromatic N) is 3. The molecule has 0 bridgehead atoms. The molecule has 5 nitrogen and oxygen atoms in total. The van der Waals surface area contributed by atoms with Gasteiger partial charge in [0.2, 0.25) is 5.88 Å². The van der Waals surface area contributed by atoms with Crippen molar-refractivity contribution in [1.82, 2.24) is 14.9 Å². The molecule has 1 fully saturated rings. The molecule has 1 unspecified atom stereocenters. The van der Waals surface area contributed by atoms with Gasteiger partial charge in [-0.05, 0) is 40.3 Å². The topological polar surface area (TPSA) is 50.3 Å². The van der Waals surface area contributed by atoms with Crippen molar-refractivity contribution in [2.24, 2.45) is 0 Å². The van der Waals surface area contributed by atoms with Crippen molar-refractivity contribution in [2.45, 2.75) is 52.5 Å². The molecular weight excluding hydrogens is 264 g/mol. The van der Waals surface area contributed by atoms with Gasteiger partial charge in [-0.15, -0.1) is 0 Å². The maximum Gasteiger partial charge on any atom is 0.221 e. The SMILES string of the molecule is CCNc1nc(CC)nc(OCC2CCCCN2C)c1C. The van der Waals surface area contributed by atoms with Gasteiger partial charge in [0.05, 0.1) is 5.56 Å². The Morgan fingerprint density at radius 2 is 2.10 bits per heavy atom. The van der Waals surface area contributed by atoms with E-state index in [1.807, 2.05) is 6.92 Å². The summed E-state index contributed by atoms with van der Waals surface area (Å²) in [5, 5.41) is 3.30. The third-order valence-electron chi connectivity index (χ3n) is 4.14. The zero-order valence-corrected chi connectivity index (χ0v) is 13.8. The lowest BCUT2D eigenvalue weighted by Gasteiger charge is -2.32. The number of likely N-dealkylation sites (tertiary alicyclic amines) is 1. The minimum Gasteiger partial charge on any atom is -0.476 e. The molecule has 1 saturated heterocycles. The Kier molecular flexibility index (Phi) is 5.79. The third-order valence-corrected chi connectivity index (χ3v) is 4.14. The fraction of sp³-hybridized carbons (Fsp3) is 0.750. The first-order valence-corrected chi connectivity index (χ1v) is 8.10. The second kappa shape index (κ2) is 7.59. The van der Waals surface area contributed by atoms with E-state index in [0.29, 0.717) is 12.6 Å². The summed E-state index contributed by atoms with van der Waals surface area (Å²) in [6.45, 7) is 8.90. The fourth-order valence-electron chi connectivity index (χ4n) is 2.71. The number of nitrogens with one attached hydrogen (secondary N) is 1. The van der Waals surface area contributed by atoms with Crippen LogP contribution in [0, 0.1) is 6.92 Å². The van der Waals surface area contributed by atoms with Crippen molar-refractivity contribution in [3.8, 4) is 5.88 Å². The number of rotatable bonds is 6. The lowest BCUT2D eigenvalue weighted by atomic mass is 10.0. The Balaban J connectivity index is 2.09. The number of anilines is 1. The molecule has 0 aliphatic carbocycles. The van der Waals surface area contributed by atoms with Gasteiger partial charge in [0.15, 0.2) is 0 Å². The van der Waals surface area contributed by atoms with E-state index in [9.17, 15) is 0 Å². The molecule has 1 aromatic rings. The number of aromatic nitrogens is 2. The summed E-state index contributed by atoms with van der Waals surface area (Å²) in [7, 11) is 2.18. The lowest BCUT2D eigenvalue weighted by Crippen LogP contribution is -2.40. The highest BCUT2D eigenvalue weighted by Crippen LogP contribution is 2.23. The van der Waals surface area contributed by atoms with Crippen LogP contribution in [0.4, 0.5) is 5.82 Å². The molecule has 1 N–H and O–H groups in total. The average Bonchev–Trinajstić information content (AvgIpc) is 2.49. The van der Waals surface area contributed by atoms with Crippen LogP contribution in [0.2, 0.25) is 0 Å². The largest absolute Gasteiger partial charge is 0.476 e. The first kappa shape index (κ1) is 16.0. The molecule has 5 heteroatoms. The monoisotopic (exact) mass is 292 g/mol. The molecule has 0 aromatic carbocycles. The van der Waals surface area contributed by atoms with Crippen molar-refractivity contribution >= 4 is 5.82 Å². The molecule has 1 aromatic heterocycles. The Bertz CT molecular complexity index is 464. The first-order valence-electron chi connectivity index (χ1n) is 8.10. The molecule has 0 saturated carbocycles. The lowest BCUT2D eigenvalue weighted by molar-refractivity contribution is 0.122. The van der Waals surface area contributed by atoms with Gasteiger partial charge >= 0.3 is 0 Å². The highest BCUT2D eigenvalue weighted by Gasteiger charge is 2.20. The summed E-state index contributed by atoms with van der Waals surface area (Å²) < 4.78 is 6.04. The fourth-order valence-corrected chi connectivity index (χ4v) is 2.71. The van der Waals surface area contributed by atoms with Gasteiger partial charge in [0.1, 0.15) is 18.2 Å². The van der Waals surface area contributed by atoms with E-state index < -0.39 is 0 Å². The zero-order valence-electron chi connectivity index (χ0n) is 13.8. The average molecular weight is 292 g/mol. The number of aryl methyl sites for hydroxylation is 1. The smallest absolute Gasteiger partial charge is 0.221 e. The molecule has 1 aliphatic heterocycles. The highest BCUT2D eigenvalue weighted by atomic mass is 16.5. The van der Waals surface area contributed by atoms with Gasteiger partial charge in [-0.1, -0.05) is 13.3 Å². The molecule has 2 heterocycles. The van der Waals surface area contributed by atoms with Crippen molar-refractivity contribution in [3.63, 3.8) is 0 Å². The summed E-state index contributed by atoms with van der Waals surface area (Å²) >= 11 is 0. The maximum atomic E-state index is 6.04. The van der Waals surface area contributed by atoms with Gasteiger partial charge in [0, 0.05) is 19.0 Å². The molecule has 118 valence electrons. The quantitative estimate of drug-likeness (QED) is 0.873. The van der Waals surface area contributed by atoms with Crippen molar-refractivity contribution in [1.29, 1.82) is 0 Å². The number of hydrogen-bond acceptors (Lipinski definition) is 5. The summed E-state index contributed by atoms with van der Waals surface area (Å²) in [5.74, 6) is 2.47. The molecule has 1 atom stereocenters. The first-order chi connectivity index (χ1) is 10.2. The Morgan fingerprint density at radius 3 is 2.76 bits per heavy atom. The van der Waals surface area contributed by atoms with Crippen molar-refractivity contribution < 1.29 is 4.74 Å². The summed E-state index contributed by atoms with van der Waals surface area (Å²) in [6.07, 6.45) is 4.62. The van der Waals surface area contributed by atoms with Crippen LogP contribution in [0.3, 0.4) is 0 Å². The minimum absolute atomic E-state index is 0.501. The van der Waals surface area contributed by atoms with E-state index in [1.54, 1.807) is 0 Å². The van der Waals surface area contributed by atoms with Crippen LogP contribution in [-0.2, 0) is 6.42 Å². The molecule has 2 rings (SSSR count). The Hall–Kier alpha value is -1.36. The van der Waals surface area contributed by atoms with Crippen LogP contribution in [0.25, 0.3) is 0 Å². The molecule has 21 heavy (non-hydrogen) atoms. The predicted octanol–water partition coefficient (Wildman–Crippen LogP) is 2.64. The van der Waals surface area contributed by atoms with E-state index >= 15 is 0 Å². The molecular formula is C16H28N4O. The van der Waals surface area contributed by atoms with E-state index in [-0.39, 0.29) is 0 Å². The Labute approximate surface area is 128 Å². The van der Waals surface area contributed by atoms with Crippen molar-refractivity contribution in [3.05, 3.63) is 11.4 Å². The van der Waals surface area contributed by atoms with Gasteiger partial charge in [0.25, 0.3) is 0 Å². The third kappa shape index (κ3) is 4.06. The number of likely N-dealkylation sites (N-methyl/N-ethyl adjacent to an activating group) is 1. The van der Waals surface area contributed by atoms with E-state index in [0.717, 1.165) is 36.1 Å². The van der Waals surface area contributed by atoms with Gasteiger partial charge < -0.3 is 15.0 Å². The molecule has 0 radical (unpaired) electrons. The van der Waals surface area contributed by atoms with Crippen LogP contribution in [0.15, 0.2) is 0 Å². The highest BCUT2D eigenvalue weighted by molar-refractivity contribution is 5.48. The second-order valence-electron chi connectivity index (χ2n) is 5.74.